The lowest BCUT2D eigenvalue weighted by Gasteiger charge is -2.27. The molecule has 0 aliphatic heterocycles. The first-order chi connectivity index (χ1) is 31.2. The van der Waals surface area contributed by atoms with Crippen LogP contribution in [0.5, 0.6) is 0 Å². The van der Waals surface area contributed by atoms with Crippen molar-refractivity contribution in [1.82, 2.24) is 0 Å². The van der Waals surface area contributed by atoms with Crippen LogP contribution in [-0.4, -0.2) is 0 Å². The van der Waals surface area contributed by atoms with E-state index in [9.17, 15) is 0 Å². The summed E-state index contributed by atoms with van der Waals surface area (Å²) in [6, 6.07) is 81.9. The number of hydrogen-bond donors (Lipinski definition) is 0. The molecule has 13 rings (SSSR count). The number of benzene rings is 11. The van der Waals surface area contributed by atoms with Crippen molar-refractivity contribution in [2.24, 2.45) is 0 Å². The molecule has 3 heteroatoms. The zero-order valence-corrected chi connectivity index (χ0v) is 34.9. The van der Waals surface area contributed by atoms with Crippen molar-refractivity contribution in [3.8, 4) is 33.4 Å². The number of thiophene rings is 1. The van der Waals surface area contributed by atoms with E-state index >= 15 is 0 Å². The van der Waals surface area contributed by atoms with Crippen molar-refractivity contribution in [1.29, 1.82) is 0 Å². The second kappa shape index (κ2) is 14.3. The highest BCUT2D eigenvalue weighted by Gasteiger charge is 2.20. The van der Waals surface area contributed by atoms with Gasteiger partial charge in [-0.25, -0.2) is 0 Å². The van der Waals surface area contributed by atoms with Crippen molar-refractivity contribution < 1.29 is 4.42 Å². The number of furan rings is 1. The monoisotopic (exact) mass is 819 g/mol. The molecule has 2 heterocycles. The average Bonchev–Trinajstić information content (AvgIpc) is 3.92. The van der Waals surface area contributed by atoms with Crippen molar-refractivity contribution in [2.75, 3.05) is 4.90 Å². The maximum absolute atomic E-state index is 6.39. The Morgan fingerprint density at radius 1 is 0.302 bits per heavy atom. The molecule has 0 saturated heterocycles. The number of anilines is 3. The molecule has 0 fully saturated rings. The maximum Gasteiger partial charge on any atom is 0.136 e. The molecule has 11 aromatic carbocycles. The third-order valence-corrected chi connectivity index (χ3v) is 14.0. The van der Waals surface area contributed by atoms with E-state index in [2.05, 4.69) is 217 Å². The Hall–Kier alpha value is -7.98. The van der Waals surface area contributed by atoms with Gasteiger partial charge in [-0.2, -0.15) is 0 Å². The Labute approximate surface area is 368 Å². The van der Waals surface area contributed by atoms with Crippen LogP contribution in [0.25, 0.3) is 108 Å². The van der Waals surface area contributed by atoms with Gasteiger partial charge in [0.2, 0.25) is 0 Å². The van der Waals surface area contributed by atoms with Gasteiger partial charge in [0.15, 0.2) is 0 Å². The van der Waals surface area contributed by atoms with Crippen LogP contribution in [0.2, 0.25) is 0 Å². The number of para-hydroxylation sites is 1. The van der Waals surface area contributed by atoms with Gasteiger partial charge >= 0.3 is 0 Å². The minimum Gasteiger partial charge on any atom is -0.456 e. The van der Waals surface area contributed by atoms with E-state index in [0.717, 1.165) is 44.6 Å². The predicted molar refractivity (Wildman–Crippen MR) is 270 cm³/mol. The predicted octanol–water partition coefficient (Wildman–Crippen LogP) is 17.9. The Morgan fingerprint density at radius 3 is 1.73 bits per heavy atom. The van der Waals surface area contributed by atoms with Gasteiger partial charge in [0.25, 0.3) is 0 Å². The molecule has 0 unspecified atom stereocenters. The Balaban J connectivity index is 1.04. The Bertz CT molecular complexity index is 3920. The van der Waals surface area contributed by atoms with Crippen molar-refractivity contribution >= 4 is 103 Å². The second-order valence-electron chi connectivity index (χ2n) is 16.4. The van der Waals surface area contributed by atoms with Crippen LogP contribution in [0.3, 0.4) is 0 Å². The zero-order valence-electron chi connectivity index (χ0n) is 34.1. The van der Waals surface area contributed by atoms with Crippen LogP contribution in [0.1, 0.15) is 0 Å². The molecule has 0 N–H and O–H groups in total. The first-order valence-electron chi connectivity index (χ1n) is 21.5. The summed E-state index contributed by atoms with van der Waals surface area (Å²) in [5.41, 5.74) is 12.4. The number of nitrogens with zero attached hydrogens (tertiary/aromatic N) is 1. The van der Waals surface area contributed by atoms with E-state index in [-0.39, 0.29) is 0 Å². The van der Waals surface area contributed by atoms with Crippen LogP contribution in [0, 0.1) is 0 Å². The van der Waals surface area contributed by atoms with Gasteiger partial charge < -0.3 is 9.32 Å². The molecule has 0 amide bonds. The van der Waals surface area contributed by atoms with Crippen molar-refractivity contribution in [2.45, 2.75) is 0 Å². The highest BCUT2D eigenvalue weighted by molar-refractivity contribution is 7.26. The molecular weight excluding hydrogens is 783 g/mol. The molecule has 13 aromatic rings. The van der Waals surface area contributed by atoms with E-state index < -0.39 is 0 Å². The quantitative estimate of drug-likeness (QED) is 0.155. The van der Waals surface area contributed by atoms with Crippen LogP contribution >= 0.6 is 11.3 Å². The van der Waals surface area contributed by atoms with Crippen LogP contribution in [0.15, 0.2) is 229 Å². The Morgan fingerprint density at radius 2 is 0.921 bits per heavy atom. The summed E-state index contributed by atoms with van der Waals surface area (Å²) in [5.74, 6) is 0. The van der Waals surface area contributed by atoms with Crippen LogP contribution in [-0.2, 0) is 0 Å². The summed E-state index contributed by atoms with van der Waals surface area (Å²) >= 11 is 1.85. The van der Waals surface area contributed by atoms with Gasteiger partial charge in [-0.15, -0.1) is 11.3 Å². The van der Waals surface area contributed by atoms with Gasteiger partial charge in [-0.05, 0) is 138 Å². The molecule has 0 bridgehead atoms. The van der Waals surface area contributed by atoms with E-state index in [0.29, 0.717) is 0 Å². The molecule has 2 aromatic heterocycles. The number of rotatable bonds is 6. The van der Waals surface area contributed by atoms with Gasteiger partial charge in [0, 0.05) is 48.0 Å². The van der Waals surface area contributed by atoms with E-state index in [1.165, 1.54) is 80.3 Å². The molecule has 0 aliphatic rings. The topological polar surface area (TPSA) is 16.4 Å². The standard InChI is InChI=1S/C60H37NOS/c1-3-13-38(14-4-1)46-21-11-17-40-25-28-43(35-53(40)46)61(44-29-26-41-33-52(39-15-5-2-6-16-39)48-18-7-8-19-49(48)54(41)36-44)45-30-32-58-55(37-45)60-47(22-12-24-59(60)63-58)42-27-31-51-50-20-9-10-23-56(50)62-57(51)34-42/h1-37H. The molecule has 0 atom stereocenters. The molecule has 0 spiro atoms. The summed E-state index contributed by atoms with van der Waals surface area (Å²) < 4.78 is 8.92. The maximum atomic E-state index is 6.39. The van der Waals surface area contributed by atoms with Crippen molar-refractivity contribution in [3.63, 3.8) is 0 Å². The third-order valence-electron chi connectivity index (χ3n) is 12.8. The van der Waals surface area contributed by atoms with Gasteiger partial charge in [-0.1, -0.05) is 152 Å². The van der Waals surface area contributed by atoms with Gasteiger partial charge in [-0.3, -0.25) is 0 Å². The van der Waals surface area contributed by atoms with Crippen molar-refractivity contribution in [3.05, 3.63) is 224 Å². The summed E-state index contributed by atoms with van der Waals surface area (Å²) in [5, 5.41) is 12.1. The fourth-order valence-corrected chi connectivity index (χ4v) is 11.0. The van der Waals surface area contributed by atoms with E-state index in [4.69, 9.17) is 4.42 Å². The van der Waals surface area contributed by atoms with E-state index in [1.807, 2.05) is 23.5 Å². The number of hydrogen-bond acceptors (Lipinski definition) is 3. The lowest BCUT2D eigenvalue weighted by Crippen LogP contribution is -2.10. The fourth-order valence-electron chi connectivity index (χ4n) is 9.89. The highest BCUT2D eigenvalue weighted by Crippen LogP contribution is 2.46. The molecule has 0 saturated carbocycles. The second-order valence-corrected chi connectivity index (χ2v) is 17.5. The van der Waals surface area contributed by atoms with Crippen LogP contribution < -0.4 is 4.90 Å². The summed E-state index contributed by atoms with van der Waals surface area (Å²) in [6.07, 6.45) is 0. The SMILES string of the molecule is c1ccc(-c2cccc3ccc(N(c4ccc5cc(-c6ccccc6)c6ccccc6c5c4)c4ccc5sc6cccc(-c7ccc8c(c7)oc7ccccc78)c6c5c4)cc23)cc1. The minimum absolute atomic E-state index is 0.906. The Kier molecular flexibility index (Phi) is 8.12. The summed E-state index contributed by atoms with van der Waals surface area (Å²) in [7, 11) is 0. The summed E-state index contributed by atoms with van der Waals surface area (Å²) in [4.78, 5) is 2.45. The molecule has 63 heavy (non-hydrogen) atoms. The lowest BCUT2D eigenvalue weighted by atomic mass is 9.93. The lowest BCUT2D eigenvalue weighted by molar-refractivity contribution is 0.669. The molecule has 294 valence electrons. The normalized spacial score (nSPS) is 11.8. The highest BCUT2D eigenvalue weighted by atomic mass is 32.1. The molecular formula is C60H37NOS. The molecule has 2 nitrogen and oxygen atoms in total. The first kappa shape index (κ1) is 35.7. The first-order valence-corrected chi connectivity index (χ1v) is 22.3. The third kappa shape index (κ3) is 5.85. The average molecular weight is 820 g/mol. The summed E-state index contributed by atoms with van der Waals surface area (Å²) in [6.45, 7) is 0. The number of fused-ring (bicyclic) bond motifs is 10. The molecule has 0 radical (unpaired) electrons. The minimum atomic E-state index is 0.906. The van der Waals surface area contributed by atoms with Crippen LogP contribution in [0.4, 0.5) is 17.1 Å². The zero-order chi connectivity index (χ0) is 41.4. The van der Waals surface area contributed by atoms with E-state index in [1.54, 1.807) is 0 Å². The smallest absolute Gasteiger partial charge is 0.136 e. The fraction of sp³-hybridized carbons (Fsp3) is 0. The van der Waals surface area contributed by atoms with Gasteiger partial charge in [0.1, 0.15) is 11.2 Å². The molecule has 0 aliphatic carbocycles. The van der Waals surface area contributed by atoms with Gasteiger partial charge in [0.05, 0.1) is 0 Å². The largest absolute Gasteiger partial charge is 0.456 e.